The predicted octanol–water partition coefficient (Wildman–Crippen LogP) is 1.59. The Labute approximate surface area is 90.3 Å². The van der Waals surface area contributed by atoms with Crippen LogP contribution in [0.3, 0.4) is 0 Å². The molecule has 0 aliphatic heterocycles. The number of hydrogen-bond donors (Lipinski definition) is 2. The molecule has 0 bridgehead atoms. The number of hydrazine groups is 1. The highest BCUT2D eigenvalue weighted by Gasteiger charge is 2.23. The van der Waals surface area contributed by atoms with Gasteiger partial charge in [-0.05, 0) is 32.1 Å². The molecule has 0 unspecified atom stereocenters. The van der Waals surface area contributed by atoms with Gasteiger partial charge in [-0.3, -0.25) is 0 Å². The van der Waals surface area contributed by atoms with Crippen LogP contribution >= 0.6 is 0 Å². The van der Waals surface area contributed by atoms with Crippen LogP contribution in [-0.4, -0.2) is 9.97 Å². The van der Waals surface area contributed by atoms with Gasteiger partial charge in [0, 0.05) is 17.7 Å². The first-order valence-electron chi connectivity index (χ1n) is 5.57. The summed E-state index contributed by atoms with van der Waals surface area (Å²) in [4.78, 5) is 9.01. The van der Waals surface area contributed by atoms with Gasteiger partial charge in [-0.2, -0.15) is 0 Å². The van der Waals surface area contributed by atoms with Crippen LogP contribution in [-0.2, 0) is 12.8 Å². The zero-order valence-corrected chi connectivity index (χ0v) is 9.38. The number of aromatic nitrogens is 2. The minimum atomic E-state index is 0.775. The van der Waals surface area contributed by atoms with E-state index < -0.39 is 0 Å². The Balaban J connectivity index is 2.29. The molecule has 1 saturated carbocycles. The molecule has 1 aliphatic rings. The smallest absolute Gasteiger partial charge is 0.146 e. The fraction of sp³-hybridized carbons (Fsp3) is 0.636. The molecule has 15 heavy (non-hydrogen) atoms. The molecule has 0 radical (unpaired) electrons. The lowest BCUT2D eigenvalue weighted by Gasteiger charge is -2.10. The quantitative estimate of drug-likeness (QED) is 0.580. The lowest BCUT2D eigenvalue weighted by molar-refractivity contribution is 0.754. The maximum Gasteiger partial charge on any atom is 0.146 e. The van der Waals surface area contributed by atoms with Crippen molar-refractivity contribution in [1.29, 1.82) is 0 Å². The van der Waals surface area contributed by atoms with Gasteiger partial charge in [-0.25, -0.2) is 15.8 Å². The van der Waals surface area contributed by atoms with Crippen molar-refractivity contribution in [2.24, 2.45) is 11.8 Å². The number of nitrogen functional groups attached to an aromatic ring is 1. The first-order chi connectivity index (χ1) is 7.24. The van der Waals surface area contributed by atoms with Gasteiger partial charge in [0.15, 0.2) is 0 Å². The van der Waals surface area contributed by atoms with Crippen LogP contribution in [0, 0.1) is 12.8 Å². The number of nitrogens with two attached hydrogens (primary N) is 1. The summed E-state index contributed by atoms with van der Waals surface area (Å²) in [5.74, 6) is 7.97. The van der Waals surface area contributed by atoms with Crippen molar-refractivity contribution >= 4 is 5.82 Å². The van der Waals surface area contributed by atoms with E-state index in [1.54, 1.807) is 0 Å². The number of nitrogens with zero attached hydrogens (tertiary/aromatic N) is 2. The van der Waals surface area contributed by atoms with Gasteiger partial charge >= 0.3 is 0 Å². The van der Waals surface area contributed by atoms with Crippen molar-refractivity contribution < 1.29 is 0 Å². The SMILES string of the molecule is CCc1nc(CC2CC2)nc(NN)c1C. The lowest BCUT2D eigenvalue weighted by Crippen LogP contribution is -2.14. The van der Waals surface area contributed by atoms with Crippen molar-refractivity contribution in [3.05, 3.63) is 17.1 Å². The molecule has 0 aromatic carbocycles. The van der Waals surface area contributed by atoms with Crippen LogP contribution in [0.15, 0.2) is 0 Å². The van der Waals surface area contributed by atoms with E-state index in [1.807, 2.05) is 6.92 Å². The third kappa shape index (κ3) is 2.26. The van der Waals surface area contributed by atoms with Crippen LogP contribution in [0.25, 0.3) is 0 Å². The molecule has 0 saturated heterocycles. The van der Waals surface area contributed by atoms with Gasteiger partial charge in [0.25, 0.3) is 0 Å². The summed E-state index contributed by atoms with van der Waals surface area (Å²) in [6.07, 6.45) is 4.58. The molecule has 1 fully saturated rings. The number of hydrogen-bond acceptors (Lipinski definition) is 4. The molecular weight excluding hydrogens is 188 g/mol. The molecule has 1 heterocycles. The summed E-state index contributed by atoms with van der Waals surface area (Å²) in [7, 11) is 0. The summed E-state index contributed by atoms with van der Waals surface area (Å²) in [6, 6.07) is 0. The molecule has 0 amide bonds. The molecule has 1 aromatic heterocycles. The van der Waals surface area contributed by atoms with Crippen molar-refractivity contribution in [3.8, 4) is 0 Å². The van der Waals surface area contributed by atoms with Gasteiger partial charge in [0.1, 0.15) is 11.6 Å². The minimum Gasteiger partial charge on any atom is -0.308 e. The highest BCUT2D eigenvalue weighted by atomic mass is 15.3. The molecule has 2 rings (SSSR count). The van der Waals surface area contributed by atoms with Crippen LogP contribution in [0.4, 0.5) is 5.82 Å². The van der Waals surface area contributed by atoms with Crippen molar-refractivity contribution in [3.63, 3.8) is 0 Å². The molecule has 82 valence electrons. The molecule has 0 spiro atoms. The van der Waals surface area contributed by atoms with E-state index in [2.05, 4.69) is 22.3 Å². The third-order valence-electron chi connectivity index (χ3n) is 2.93. The molecule has 3 N–H and O–H groups in total. The summed E-state index contributed by atoms with van der Waals surface area (Å²) >= 11 is 0. The summed E-state index contributed by atoms with van der Waals surface area (Å²) in [5.41, 5.74) is 4.83. The van der Waals surface area contributed by atoms with Crippen LogP contribution in [0.2, 0.25) is 0 Å². The summed E-state index contributed by atoms with van der Waals surface area (Å²) < 4.78 is 0. The first kappa shape index (κ1) is 10.4. The summed E-state index contributed by atoms with van der Waals surface area (Å²) in [6.45, 7) is 4.12. The van der Waals surface area contributed by atoms with Crippen molar-refractivity contribution in [2.45, 2.75) is 39.5 Å². The van der Waals surface area contributed by atoms with Gasteiger partial charge < -0.3 is 5.43 Å². The topological polar surface area (TPSA) is 63.8 Å². The Hall–Kier alpha value is -1.16. The highest BCUT2D eigenvalue weighted by Crippen LogP contribution is 2.32. The normalized spacial score (nSPS) is 15.4. The van der Waals surface area contributed by atoms with E-state index in [0.29, 0.717) is 0 Å². The van der Waals surface area contributed by atoms with Crippen molar-refractivity contribution in [1.82, 2.24) is 9.97 Å². The maximum atomic E-state index is 5.45. The van der Waals surface area contributed by atoms with Gasteiger partial charge in [-0.15, -0.1) is 0 Å². The van der Waals surface area contributed by atoms with Crippen LogP contribution in [0.1, 0.15) is 36.8 Å². The molecule has 1 aromatic rings. The van der Waals surface area contributed by atoms with E-state index >= 15 is 0 Å². The second-order valence-electron chi connectivity index (χ2n) is 4.21. The predicted molar refractivity (Wildman–Crippen MR) is 60.4 cm³/mol. The monoisotopic (exact) mass is 206 g/mol. The fourth-order valence-electron chi connectivity index (χ4n) is 1.77. The van der Waals surface area contributed by atoms with E-state index in [-0.39, 0.29) is 0 Å². The Morgan fingerprint density at radius 2 is 2.13 bits per heavy atom. The Morgan fingerprint density at radius 1 is 1.40 bits per heavy atom. The molecule has 4 heteroatoms. The Bertz CT molecular complexity index is 333. The van der Waals surface area contributed by atoms with E-state index in [1.165, 1.54) is 12.8 Å². The maximum absolute atomic E-state index is 5.45. The van der Waals surface area contributed by atoms with E-state index in [4.69, 9.17) is 5.84 Å². The molecular formula is C11H18N4. The average Bonchev–Trinajstić information content (AvgIpc) is 3.04. The Kier molecular flexibility index (Phi) is 2.86. The molecule has 4 nitrogen and oxygen atoms in total. The van der Waals surface area contributed by atoms with Crippen molar-refractivity contribution in [2.75, 3.05) is 5.43 Å². The van der Waals surface area contributed by atoms with Gasteiger partial charge in [-0.1, -0.05) is 6.92 Å². The number of aryl methyl sites for hydroxylation is 1. The second kappa shape index (κ2) is 4.14. The number of rotatable bonds is 4. The zero-order valence-electron chi connectivity index (χ0n) is 9.38. The molecule has 0 atom stereocenters. The van der Waals surface area contributed by atoms with E-state index in [0.717, 1.165) is 41.7 Å². The van der Waals surface area contributed by atoms with Gasteiger partial charge in [0.05, 0.1) is 0 Å². The third-order valence-corrected chi connectivity index (χ3v) is 2.93. The first-order valence-corrected chi connectivity index (χ1v) is 5.57. The van der Waals surface area contributed by atoms with Crippen LogP contribution in [0.5, 0.6) is 0 Å². The minimum absolute atomic E-state index is 0.775. The largest absolute Gasteiger partial charge is 0.308 e. The Morgan fingerprint density at radius 3 is 2.67 bits per heavy atom. The van der Waals surface area contributed by atoms with E-state index in [9.17, 15) is 0 Å². The highest BCUT2D eigenvalue weighted by molar-refractivity contribution is 5.44. The summed E-state index contributed by atoms with van der Waals surface area (Å²) in [5, 5.41) is 0. The van der Waals surface area contributed by atoms with Gasteiger partial charge in [0.2, 0.25) is 0 Å². The number of nitrogens with one attached hydrogen (secondary N) is 1. The second-order valence-corrected chi connectivity index (χ2v) is 4.21. The number of anilines is 1. The zero-order chi connectivity index (χ0) is 10.8. The average molecular weight is 206 g/mol. The standard InChI is InChI=1S/C11H18N4/c1-3-9-7(2)11(15-12)14-10(13-9)6-8-4-5-8/h8H,3-6,12H2,1-2H3,(H,13,14,15). The lowest BCUT2D eigenvalue weighted by atomic mass is 10.2. The molecule has 1 aliphatic carbocycles. The van der Waals surface area contributed by atoms with Crippen LogP contribution < -0.4 is 11.3 Å². The fourth-order valence-corrected chi connectivity index (χ4v) is 1.77.